The van der Waals surface area contributed by atoms with Crippen molar-refractivity contribution in [3.63, 3.8) is 0 Å². The van der Waals surface area contributed by atoms with Gasteiger partial charge in [0.2, 0.25) is 0 Å². The lowest BCUT2D eigenvalue weighted by Gasteiger charge is -2.15. The first-order valence-electron chi connectivity index (χ1n) is 9.86. The fraction of sp³-hybridized carbons (Fsp3) is 0.333. The highest BCUT2D eigenvalue weighted by Gasteiger charge is 2.11. The van der Waals surface area contributed by atoms with Gasteiger partial charge < -0.3 is 14.8 Å². The fourth-order valence-corrected chi connectivity index (χ4v) is 2.72. The molecule has 2 aromatic carbocycles. The summed E-state index contributed by atoms with van der Waals surface area (Å²) in [5.74, 6) is 0.835. The van der Waals surface area contributed by atoms with Gasteiger partial charge in [-0.2, -0.15) is 5.26 Å². The van der Waals surface area contributed by atoms with Gasteiger partial charge in [-0.05, 0) is 55.5 Å². The lowest BCUT2D eigenvalue weighted by molar-refractivity contribution is -0.117. The summed E-state index contributed by atoms with van der Waals surface area (Å²) < 4.78 is 11.2. The van der Waals surface area contributed by atoms with Crippen LogP contribution >= 0.6 is 0 Å². The molecule has 5 nitrogen and oxygen atoms in total. The first-order chi connectivity index (χ1) is 14.1. The summed E-state index contributed by atoms with van der Waals surface area (Å²) in [5.41, 5.74) is 1.99. The Morgan fingerprint density at radius 1 is 1.21 bits per heavy atom. The number of hydrogen-bond donors (Lipinski definition) is 1. The number of nitrogens with one attached hydrogen (secondary N) is 1. The molecular formula is C24H28N2O3. The normalized spacial score (nSPS) is 12.0. The van der Waals surface area contributed by atoms with Crippen LogP contribution in [0.15, 0.2) is 54.1 Å². The summed E-state index contributed by atoms with van der Waals surface area (Å²) >= 11 is 0. The van der Waals surface area contributed by atoms with E-state index in [1.54, 1.807) is 31.4 Å². The average Bonchev–Trinajstić information content (AvgIpc) is 2.76. The molecule has 2 rings (SSSR count). The van der Waals surface area contributed by atoms with E-state index in [1.807, 2.05) is 38.1 Å². The van der Waals surface area contributed by atoms with Crippen LogP contribution in [0.3, 0.4) is 0 Å². The zero-order valence-corrected chi connectivity index (χ0v) is 17.3. The number of carbonyl (C=O) groups is 1. The number of carbonyl (C=O) groups excluding carboxylic acids is 1. The second-order valence-electron chi connectivity index (χ2n) is 6.76. The minimum Gasteiger partial charge on any atom is -0.493 e. The van der Waals surface area contributed by atoms with Gasteiger partial charge in [0, 0.05) is 6.54 Å². The molecule has 0 unspecified atom stereocenters. The number of nitrogens with zero attached hydrogens (tertiary/aromatic N) is 1. The lowest BCUT2D eigenvalue weighted by atomic mass is 10.1. The monoisotopic (exact) mass is 392 g/mol. The second-order valence-corrected chi connectivity index (χ2v) is 6.76. The Balaban J connectivity index is 1.98. The van der Waals surface area contributed by atoms with Gasteiger partial charge >= 0.3 is 0 Å². The third kappa shape index (κ3) is 7.00. The van der Waals surface area contributed by atoms with Crippen LogP contribution in [0, 0.1) is 11.3 Å². The van der Waals surface area contributed by atoms with Gasteiger partial charge in [-0.25, -0.2) is 0 Å². The van der Waals surface area contributed by atoms with Crippen LogP contribution in [0.2, 0.25) is 0 Å². The highest BCUT2D eigenvalue weighted by molar-refractivity contribution is 6.01. The largest absolute Gasteiger partial charge is 0.493 e. The van der Waals surface area contributed by atoms with Gasteiger partial charge in [0.1, 0.15) is 11.6 Å². The van der Waals surface area contributed by atoms with Crippen molar-refractivity contribution >= 4 is 12.0 Å². The Morgan fingerprint density at radius 2 is 1.97 bits per heavy atom. The van der Waals surface area contributed by atoms with E-state index in [-0.39, 0.29) is 17.6 Å². The minimum atomic E-state index is -0.375. The molecule has 0 fully saturated rings. The van der Waals surface area contributed by atoms with Crippen LogP contribution in [0.1, 0.15) is 37.8 Å². The molecule has 29 heavy (non-hydrogen) atoms. The number of aryl methyl sites for hydroxylation is 1. The molecule has 5 heteroatoms. The highest BCUT2D eigenvalue weighted by Crippen LogP contribution is 2.30. The Hall–Kier alpha value is -3.26. The predicted octanol–water partition coefficient (Wildman–Crippen LogP) is 4.53. The van der Waals surface area contributed by atoms with E-state index in [9.17, 15) is 10.1 Å². The van der Waals surface area contributed by atoms with Crippen molar-refractivity contribution in [2.75, 3.05) is 13.7 Å². The Morgan fingerprint density at radius 3 is 2.62 bits per heavy atom. The van der Waals surface area contributed by atoms with Crippen molar-refractivity contribution in [3.8, 4) is 17.6 Å². The van der Waals surface area contributed by atoms with Crippen molar-refractivity contribution in [1.29, 1.82) is 5.26 Å². The molecule has 1 N–H and O–H groups in total. The first-order valence-corrected chi connectivity index (χ1v) is 9.86. The molecule has 1 amide bonds. The summed E-state index contributed by atoms with van der Waals surface area (Å²) in [6.45, 7) is 4.55. The number of rotatable bonds is 10. The molecule has 0 aromatic heterocycles. The number of hydrogen-bond acceptors (Lipinski definition) is 4. The zero-order valence-electron chi connectivity index (χ0n) is 17.3. The zero-order chi connectivity index (χ0) is 21.1. The summed E-state index contributed by atoms with van der Waals surface area (Å²) in [7, 11) is 1.57. The topological polar surface area (TPSA) is 71.3 Å². The van der Waals surface area contributed by atoms with Crippen molar-refractivity contribution < 1.29 is 14.3 Å². The number of ether oxygens (including phenoxy) is 2. The number of benzene rings is 2. The fourth-order valence-electron chi connectivity index (χ4n) is 2.72. The van der Waals surface area contributed by atoms with Gasteiger partial charge in [-0.15, -0.1) is 0 Å². The Bertz CT molecular complexity index is 869. The maximum absolute atomic E-state index is 12.3. The van der Waals surface area contributed by atoms with E-state index in [0.717, 1.165) is 19.3 Å². The van der Waals surface area contributed by atoms with Gasteiger partial charge in [-0.1, -0.05) is 43.3 Å². The lowest BCUT2D eigenvalue weighted by Crippen LogP contribution is -2.25. The van der Waals surface area contributed by atoms with Crippen LogP contribution < -0.4 is 14.8 Å². The van der Waals surface area contributed by atoms with E-state index in [4.69, 9.17) is 9.47 Å². The molecule has 0 saturated heterocycles. The quantitative estimate of drug-likeness (QED) is 0.366. The van der Waals surface area contributed by atoms with E-state index in [0.29, 0.717) is 23.6 Å². The minimum absolute atomic E-state index is 0.0577. The maximum Gasteiger partial charge on any atom is 0.261 e. The van der Waals surface area contributed by atoms with Gasteiger partial charge in [0.05, 0.1) is 13.2 Å². The predicted molar refractivity (Wildman–Crippen MR) is 115 cm³/mol. The van der Waals surface area contributed by atoms with Crippen LogP contribution in [0.25, 0.3) is 6.08 Å². The SMILES string of the molecule is CC[C@H](C)Oc1ccc(/C=C(/C#N)C(=O)NCCCc2ccccc2)cc1OC. The molecule has 0 bridgehead atoms. The molecule has 152 valence electrons. The first kappa shape index (κ1) is 22.0. The van der Waals surface area contributed by atoms with Crippen LogP contribution in [-0.4, -0.2) is 25.7 Å². The molecule has 0 aliphatic heterocycles. The van der Waals surface area contributed by atoms with Crippen molar-refractivity contribution in [2.24, 2.45) is 0 Å². The molecule has 0 radical (unpaired) electrons. The van der Waals surface area contributed by atoms with E-state index in [1.165, 1.54) is 5.56 Å². The number of amides is 1. The number of nitriles is 1. The Kier molecular flexibility index (Phi) is 8.78. The third-order valence-corrected chi connectivity index (χ3v) is 4.54. The van der Waals surface area contributed by atoms with E-state index in [2.05, 4.69) is 17.4 Å². The van der Waals surface area contributed by atoms with Crippen molar-refractivity contribution in [1.82, 2.24) is 5.32 Å². The molecular weight excluding hydrogens is 364 g/mol. The summed E-state index contributed by atoms with van der Waals surface area (Å²) in [6, 6.07) is 17.4. The van der Waals surface area contributed by atoms with Crippen LogP contribution in [-0.2, 0) is 11.2 Å². The molecule has 0 aliphatic carbocycles. The molecule has 1 atom stereocenters. The van der Waals surface area contributed by atoms with Crippen molar-refractivity contribution in [3.05, 3.63) is 65.2 Å². The summed E-state index contributed by atoms with van der Waals surface area (Å²) in [6.07, 6.45) is 4.20. The molecule has 0 saturated carbocycles. The van der Waals surface area contributed by atoms with E-state index < -0.39 is 0 Å². The third-order valence-electron chi connectivity index (χ3n) is 4.54. The molecule has 0 aliphatic rings. The summed E-state index contributed by atoms with van der Waals surface area (Å²) in [4.78, 5) is 12.3. The average molecular weight is 392 g/mol. The van der Waals surface area contributed by atoms with Crippen LogP contribution in [0.4, 0.5) is 0 Å². The van der Waals surface area contributed by atoms with Gasteiger partial charge in [0.25, 0.3) is 5.91 Å². The molecule has 2 aromatic rings. The second kappa shape index (κ2) is 11.6. The molecule has 0 spiro atoms. The van der Waals surface area contributed by atoms with Gasteiger partial charge in [-0.3, -0.25) is 4.79 Å². The highest BCUT2D eigenvalue weighted by atomic mass is 16.5. The molecule has 0 heterocycles. The maximum atomic E-state index is 12.3. The number of methoxy groups -OCH3 is 1. The van der Waals surface area contributed by atoms with Crippen molar-refractivity contribution in [2.45, 2.75) is 39.2 Å². The smallest absolute Gasteiger partial charge is 0.261 e. The standard InChI is InChI=1S/C24H28N2O3/c1-4-18(2)29-22-13-12-20(16-23(22)28-3)15-21(17-25)24(27)26-14-8-11-19-9-6-5-7-10-19/h5-7,9-10,12-13,15-16,18H,4,8,11,14H2,1-3H3,(H,26,27)/b21-15-/t18-/m0/s1. The van der Waals surface area contributed by atoms with Gasteiger partial charge in [0.15, 0.2) is 11.5 Å². The van der Waals surface area contributed by atoms with E-state index >= 15 is 0 Å². The van der Waals surface area contributed by atoms with Crippen LogP contribution in [0.5, 0.6) is 11.5 Å². The Labute approximate surface area is 173 Å². The summed E-state index contributed by atoms with van der Waals surface area (Å²) in [5, 5.41) is 12.2.